The molecule has 2 aromatic carbocycles. The average Bonchev–Trinajstić information content (AvgIpc) is 2.61. The van der Waals surface area contributed by atoms with Crippen molar-refractivity contribution in [2.45, 2.75) is 24.3 Å². The van der Waals surface area contributed by atoms with Gasteiger partial charge in [-0.2, -0.15) is 0 Å². The number of hydrogen-bond acceptors (Lipinski definition) is 3. The Morgan fingerprint density at radius 3 is 2.44 bits per heavy atom. The summed E-state index contributed by atoms with van der Waals surface area (Å²) in [7, 11) is -3.91. The molecule has 130 valence electrons. The molecule has 1 saturated heterocycles. The Balaban J connectivity index is 1.93. The lowest BCUT2D eigenvalue weighted by Gasteiger charge is -2.33. The van der Waals surface area contributed by atoms with Gasteiger partial charge in [0, 0.05) is 6.54 Å². The summed E-state index contributed by atoms with van der Waals surface area (Å²) in [6.07, 6.45) is 4.15. The Morgan fingerprint density at radius 2 is 1.76 bits per heavy atom. The first kappa shape index (κ1) is 17.2. The van der Waals surface area contributed by atoms with E-state index in [0.29, 0.717) is 13.0 Å². The maximum absolute atomic E-state index is 13.0. The number of rotatable bonds is 4. The summed E-state index contributed by atoms with van der Waals surface area (Å²) < 4.78 is 26.9. The summed E-state index contributed by atoms with van der Waals surface area (Å²) >= 11 is 0. The van der Waals surface area contributed by atoms with Crippen LogP contribution in [0.2, 0.25) is 0 Å². The molecule has 5 nitrogen and oxygen atoms in total. The Bertz CT molecular complexity index is 875. The molecule has 0 radical (unpaired) electrons. The van der Waals surface area contributed by atoms with E-state index < -0.39 is 22.1 Å². The van der Waals surface area contributed by atoms with Gasteiger partial charge in [0.25, 0.3) is 10.0 Å². The van der Waals surface area contributed by atoms with Crippen molar-refractivity contribution in [3.05, 3.63) is 71.8 Å². The molecule has 1 aliphatic rings. The Morgan fingerprint density at radius 1 is 1.08 bits per heavy atom. The van der Waals surface area contributed by atoms with Crippen molar-refractivity contribution in [1.29, 1.82) is 0 Å². The number of hydrogen-bond donors (Lipinski definition) is 1. The Kier molecular flexibility index (Phi) is 4.90. The van der Waals surface area contributed by atoms with Crippen LogP contribution in [0.5, 0.6) is 0 Å². The van der Waals surface area contributed by atoms with E-state index in [1.54, 1.807) is 18.2 Å². The van der Waals surface area contributed by atoms with E-state index in [9.17, 15) is 13.2 Å². The van der Waals surface area contributed by atoms with Crippen molar-refractivity contribution in [1.82, 2.24) is 9.62 Å². The van der Waals surface area contributed by atoms with E-state index >= 15 is 0 Å². The second-order valence-corrected chi connectivity index (χ2v) is 7.79. The molecule has 25 heavy (non-hydrogen) atoms. The predicted octanol–water partition coefficient (Wildman–Crippen LogP) is 3.18. The molecule has 1 fully saturated rings. The van der Waals surface area contributed by atoms with Crippen molar-refractivity contribution in [2.24, 2.45) is 0 Å². The molecular weight excluding hydrogens is 336 g/mol. The van der Waals surface area contributed by atoms with Crippen LogP contribution >= 0.6 is 0 Å². The van der Waals surface area contributed by atoms with Gasteiger partial charge < -0.3 is 5.32 Å². The highest BCUT2D eigenvalue weighted by Gasteiger charge is 2.37. The molecule has 1 N–H and O–H groups in total. The highest BCUT2D eigenvalue weighted by Crippen LogP contribution is 2.23. The molecule has 0 aromatic heterocycles. The third-order valence-corrected chi connectivity index (χ3v) is 5.93. The number of benzene rings is 2. The van der Waals surface area contributed by atoms with E-state index in [1.807, 2.05) is 43.3 Å². The third kappa shape index (κ3) is 3.74. The van der Waals surface area contributed by atoms with Crippen molar-refractivity contribution in [2.75, 3.05) is 6.54 Å². The van der Waals surface area contributed by atoms with Gasteiger partial charge in [0.1, 0.15) is 0 Å². The summed E-state index contributed by atoms with van der Waals surface area (Å²) in [6, 6.07) is 15.0. The third-order valence-electron chi connectivity index (χ3n) is 4.11. The normalized spacial score (nSPS) is 18.4. The highest BCUT2D eigenvalue weighted by atomic mass is 32.2. The molecule has 3 rings (SSSR count). The van der Waals surface area contributed by atoms with E-state index in [1.165, 1.54) is 12.1 Å². The summed E-state index contributed by atoms with van der Waals surface area (Å²) in [6.45, 7) is 2.33. The van der Waals surface area contributed by atoms with Crippen molar-refractivity contribution < 1.29 is 13.2 Å². The molecule has 0 bridgehead atoms. The quantitative estimate of drug-likeness (QED) is 0.915. The fraction of sp³-hybridized carbons (Fsp3) is 0.211. The van der Waals surface area contributed by atoms with Crippen molar-refractivity contribution >= 4 is 22.1 Å². The number of carbonyl (C=O) groups is 1. The van der Waals surface area contributed by atoms with Gasteiger partial charge in [-0.1, -0.05) is 60.2 Å². The number of sulfonamides is 1. The lowest BCUT2D eigenvalue weighted by molar-refractivity contribution is 0.205. The molecule has 1 aliphatic heterocycles. The second kappa shape index (κ2) is 7.11. The largest absolute Gasteiger partial charge is 0.337 e. The molecule has 1 heterocycles. The molecule has 1 atom stereocenters. The van der Waals surface area contributed by atoms with Crippen LogP contribution < -0.4 is 5.32 Å². The number of aryl methyl sites for hydroxylation is 1. The highest BCUT2D eigenvalue weighted by molar-refractivity contribution is 7.89. The van der Waals surface area contributed by atoms with Crippen LogP contribution in [-0.4, -0.2) is 31.3 Å². The first-order valence-corrected chi connectivity index (χ1v) is 9.55. The lowest BCUT2D eigenvalue weighted by atomic mass is 10.1. The number of nitrogens with zero attached hydrogens (tertiary/aromatic N) is 1. The van der Waals surface area contributed by atoms with Crippen molar-refractivity contribution in [3.63, 3.8) is 0 Å². The number of amides is 2. The Labute approximate surface area is 148 Å². The molecule has 6 heteroatoms. The van der Waals surface area contributed by atoms with Gasteiger partial charge in [0.2, 0.25) is 0 Å². The molecule has 0 aliphatic carbocycles. The second-order valence-electron chi connectivity index (χ2n) is 5.97. The maximum atomic E-state index is 13.0. The predicted molar refractivity (Wildman–Crippen MR) is 97.5 cm³/mol. The van der Waals surface area contributed by atoms with Crippen molar-refractivity contribution in [3.8, 4) is 0 Å². The first-order chi connectivity index (χ1) is 12.0. The minimum atomic E-state index is -3.91. The van der Waals surface area contributed by atoms with Crippen LogP contribution in [0.3, 0.4) is 0 Å². The molecular formula is C19H20N2O3S. The molecule has 2 amide bonds. The van der Waals surface area contributed by atoms with Gasteiger partial charge in [0.15, 0.2) is 0 Å². The van der Waals surface area contributed by atoms with Crippen LogP contribution in [0.1, 0.15) is 17.5 Å². The van der Waals surface area contributed by atoms with Gasteiger partial charge in [-0.05, 0) is 31.0 Å². The summed E-state index contributed by atoms with van der Waals surface area (Å²) in [5.41, 5.74) is 1.92. The molecule has 1 unspecified atom stereocenters. The fourth-order valence-electron chi connectivity index (χ4n) is 2.74. The van der Waals surface area contributed by atoms with E-state index in [0.717, 1.165) is 15.4 Å². The van der Waals surface area contributed by atoms with Gasteiger partial charge in [0.05, 0.1) is 10.9 Å². The number of carbonyl (C=O) groups excluding carboxylic acids is 1. The fourth-order valence-corrected chi connectivity index (χ4v) is 4.27. The lowest BCUT2D eigenvalue weighted by Crippen LogP contribution is -2.54. The smallest absolute Gasteiger partial charge is 0.331 e. The molecule has 2 aromatic rings. The standard InChI is InChI=1S/C19H20N2O3S/c1-15-7-11-18(12-8-15)25(23,24)21-17(13-14-20-19(21)22)10-9-16-5-3-2-4-6-16/h2-12,17H,13-14H2,1H3,(H,20,22). The summed E-state index contributed by atoms with van der Waals surface area (Å²) in [4.78, 5) is 12.4. The topological polar surface area (TPSA) is 66.5 Å². The van der Waals surface area contributed by atoms with Crippen LogP contribution in [0.15, 0.2) is 65.6 Å². The van der Waals surface area contributed by atoms with Gasteiger partial charge >= 0.3 is 6.03 Å². The monoisotopic (exact) mass is 356 g/mol. The van der Waals surface area contributed by atoms with Crippen LogP contribution in [0.25, 0.3) is 6.08 Å². The van der Waals surface area contributed by atoms with E-state index in [-0.39, 0.29) is 4.90 Å². The zero-order valence-electron chi connectivity index (χ0n) is 13.9. The zero-order valence-corrected chi connectivity index (χ0v) is 14.7. The summed E-state index contributed by atoms with van der Waals surface area (Å²) in [5, 5.41) is 2.62. The molecule has 0 saturated carbocycles. The minimum Gasteiger partial charge on any atom is -0.337 e. The number of nitrogens with one attached hydrogen (secondary N) is 1. The van der Waals surface area contributed by atoms with E-state index in [2.05, 4.69) is 5.32 Å². The van der Waals surface area contributed by atoms with Gasteiger partial charge in [-0.25, -0.2) is 17.5 Å². The number of urea groups is 1. The zero-order chi connectivity index (χ0) is 17.9. The average molecular weight is 356 g/mol. The van der Waals surface area contributed by atoms with Gasteiger partial charge in [-0.15, -0.1) is 0 Å². The first-order valence-electron chi connectivity index (χ1n) is 8.11. The SMILES string of the molecule is Cc1ccc(S(=O)(=O)N2C(=O)NCCC2C=Cc2ccccc2)cc1. The Hall–Kier alpha value is -2.60. The summed E-state index contributed by atoms with van der Waals surface area (Å²) in [5.74, 6) is 0. The van der Waals surface area contributed by atoms with Crippen LogP contribution in [0.4, 0.5) is 4.79 Å². The minimum absolute atomic E-state index is 0.119. The van der Waals surface area contributed by atoms with Crippen LogP contribution in [-0.2, 0) is 10.0 Å². The van der Waals surface area contributed by atoms with E-state index in [4.69, 9.17) is 0 Å². The molecule has 0 spiro atoms. The van der Waals surface area contributed by atoms with Gasteiger partial charge in [-0.3, -0.25) is 0 Å². The van der Waals surface area contributed by atoms with Crippen LogP contribution in [0, 0.1) is 6.92 Å². The maximum Gasteiger partial charge on any atom is 0.331 e.